The van der Waals surface area contributed by atoms with Crippen LogP contribution < -0.4 is 0 Å². The molecule has 0 aliphatic carbocycles. The maximum absolute atomic E-state index is 2.20. The number of hydrogen-bond donors (Lipinski definition) is 0. The Bertz CT molecular complexity index is 70.1. The zero-order valence-corrected chi connectivity index (χ0v) is 6.07. The second kappa shape index (κ2) is 4.89. The van der Waals surface area contributed by atoms with Gasteiger partial charge in [-0.1, -0.05) is 18.6 Å². The predicted octanol–water partition coefficient (Wildman–Crippen LogP) is 2.96. The average Bonchev–Trinajstić information content (AvgIpc) is 1.83. The molecule has 0 unspecified atom stereocenters. The molecular formula is C8H15. The normalized spacial score (nSPS) is 12.1. The SMILES string of the molecule is C[CH]CCC(C)=CC. The number of rotatable bonds is 3. The largest absolute Gasteiger partial charge is 0.0887 e. The fourth-order valence-electron chi connectivity index (χ4n) is 0.516. The van der Waals surface area contributed by atoms with E-state index in [-0.39, 0.29) is 0 Å². The molecule has 0 aromatic heterocycles. The third kappa shape index (κ3) is 3.91. The van der Waals surface area contributed by atoms with Gasteiger partial charge in [0.1, 0.15) is 0 Å². The van der Waals surface area contributed by atoms with E-state index in [0.717, 1.165) is 0 Å². The molecule has 1 radical (unpaired) electrons. The molecule has 0 rings (SSSR count). The summed E-state index contributed by atoms with van der Waals surface area (Å²) in [6, 6.07) is 0. The van der Waals surface area contributed by atoms with Gasteiger partial charge in [0.15, 0.2) is 0 Å². The van der Waals surface area contributed by atoms with Crippen molar-refractivity contribution in [3.63, 3.8) is 0 Å². The zero-order chi connectivity index (χ0) is 6.41. The third-order valence-electron chi connectivity index (χ3n) is 1.32. The van der Waals surface area contributed by atoms with E-state index in [2.05, 4.69) is 33.3 Å². The predicted molar refractivity (Wildman–Crippen MR) is 38.6 cm³/mol. The van der Waals surface area contributed by atoms with Crippen LogP contribution in [0.3, 0.4) is 0 Å². The standard InChI is InChI=1S/C8H15/c1-4-6-7-8(3)5-2/h4-5H,6-7H2,1-3H3. The van der Waals surface area contributed by atoms with Crippen molar-refractivity contribution in [1.82, 2.24) is 0 Å². The minimum Gasteiger partial charge on any atom is -0.0887 e. The lowest BCUT2D eigenvalue weighted by atomic mass is 10.1. The van der Waals surface area contributed by atoms with Crippen LogP contribution in [0, 0.1) is 6.42 Å². The van der Waals surface area contributed by atoms with Gasteiger partial charge >= 0.3 is 0 Å². The van der Waals surface area contributed by atoms with E-state index in [4.69, 9.17) is 0 Å². The number of unbranched alkanes of at least 4 members (excludes halogenated alkanes) is 1. The lowest BCUT2D eigenvalue weighted by molar-refractivity contribution is 0.917. The molecule has 0 N–H and O–H groups in total. The highest BCUT2D eigenvalue weighted by atomic mass is 13.9. The van der Waals surface area contributed by atoms with Crippen LogP contribution in [0.2, 0.25) is 0 Å². The van der Waals surface area contributed by atoms with E-state index in [9.17, 15) is 0 Å². The molecule has 0 saturated carbocycles. The first kappa shape index (κ1) is 7.74. The summed E-state index contributed by atoms with van der Waals surface area (Å²) in [5.74, 6) is 0. The minimum absolute atomic E-state index is 1.22. The number of hydrogen-bond acceptors (Lipinski definition) is 0. The van der Waals surface area contributed by atoms with Crippen molar-refractivity contribution in [2.75, 3.05) is 0 Å². The summed E-state index contributed by atoms with van der Waals surface area (Å²) >= 11 is 0. The van der Waals surface area contributed by atoms with Gasteiger partial charge < -0.3 is 0 Å². The Kier molecular flexibility index (Phi) is 4.73. The van der Waals surface area contributed by atoms with E-state index >= 15 is 0 Å². The average molecular weight is 111 g/mol. The first-order chi connectivity index (χ1) is 3.81. The van der Waals surface area contributed by atoms with Crippen LogP contribution in [0.15, 0.2) is 11.6 Å². The van der Waals surface area contributed by atoms with E-state index < -0.39 is 0 Å². The molecule has 0 nitrogen and oxygen atoms in total. The molecular weight excluding hydrogens is 96.1 g/mol. The van der Waals surface area contributed by atoms with Crippen LogP contribution in [0.1, 0.15) is 33.6 Å². The van der Waals surface area contributed by atoms with Crippen LogP contribution in [-0.2, 0) is 0 Å². The van der Waals surface area contributed by atoms with Gasteiger partial charge in [-0.05, 0) is 33.1 Å². The van der Waals surface area contributed by atoms with Crippen molar-refractivity contribution in [2.45, 2.75) is 33.6 Å². The Morgan fingerprint density at radius 2 is 2.00 bits per heavy atom. The molecule has 0 aromatic carbocycles. The van der Waals surface area contributed by atoms with E-state index in [1.165, 1.54) is 18.4 Å². The van der Waals surface area contributed by atoms with Crippen LogP contribution >= 0.6 is 0 Å². The molecule has 0 saturated heterocycles. The van der Waals surface area contributed by atoms with Crippen molar-refractivity contribution < 1.29 is 0 Å². The first-order valence-corrected chi connectivity index (χ1v) is 3.21. The third-order valence-corrected chi connectivity index (χ3v) is 1.32. The second-order valence-electron chi connectivity index (χ2n) is 2.08. The van der Waals surface area contributed by atoms with E-state index in [0.29, 0.717) is 0 Å². The van der Waals surface area contributed by atoms with Crippen molar-refractivity contribution >= 4 is 0 Å². The molecule has 0 heterocycles. The topological polar surface area (TPSA) is 0 Å². The van der Waals surface area contributed by atoms with Crippen LogP contribution in [0.5, 0.6) is 0 Å². The summed E-state index contributed by atoms with van der Waals surface area (Å²) < 4.78 is 0. The van der Waals surface area contributed by atoms with Gasteiger partial charge in [0.05, 0.1) is 0 Å². The summed E-state index contributed by atoms with van der Waals surface area (Å²) in [6.07, 6.45) is 6.82. The van der Waals surface area contributed by atoms with Gasteiger partial charge in [0.2, 0.25) is 0 Å². The molecule has 47 valence electrons. The summed E-state index contributed by atoms with van der Waals surface area (Å²) in [7, 11) is 0. The highest BCUT2D eigenvalue weighted by Gasteiger charge is 1.84. The molecule has 0 bridgehead atoms. The Balaban J connectivity index is 3.12. The molecule has 0 heteroatoms. The molecule has 0 fully saturated rings. The molecule has 8 heavy (non-hydrogen) atoms. The summed E-state index contributed by atoms with van der Waals surface area (Å²) in [4.78, 5) is 0. The number of allylic oxidation sites excluding steroid dienone is 2. The van der Waals surface area contributed by atoms with Gasteiger partial charge in [0.25, 0.3) is 0 Å². The van der Waals surface area contributed by atoms with E-state index in [1.807, 2.05) is 0 Å². The van der Waals surface area contributed by atoms with Gasteiger partial charge in [-0.25, -0.2) is 0 Å². The summed E-state index contributed by atoms with van der Waals surface area (Å²) in [6.45, 7) is 6.36. The smallest absolute Gasteiger partial charge is 0.0321 e. The molecule has 0 aromatic rings. The van der Waals surface area contributed by atoms with E-state index in [1.54, 1.807) is 0 Å². The maximum Gasteiger partial charge on any atom is -0.0321 e. The highest BCUT2D eigenvalue weighted by molar-refractivity contribution is 4.95. The van der Waals surface area contributed by atoms with Crippen LogP contribution in [0.25, 0.3) is 0 Å². The quantitative estimate of drug-likeness (QED) is 0.491. The fourth-order valence-corrected chi connectivity index (χ4v) is 0.516. The lowest BCUT2D eigenvalue weighted by Crippen LogP contribution is -1.74. The minimum atomic E-state index is 1.22. The van der Waals surface area contributed by atoms with Crippen molar-refractivity contribution in [2.24, 2.45) is 0 Å². The van der Waals surface area contributed by atoms with Crippen LogP contribution in [0.4, 0.5) is 0 Å². The zero-order valence-electron chi connectivity index (χ0n) is 6.07. The Morgan fingerprint density at radius 3 is 2.38 bits per heavy atom. The fraction of sp³-hybridized carbons (Fsp3) is 0.625. The summed E-state index contributed by atoms with van der Waals surface area (Å²) in [5, 5.41) is 0. The van der Waals surface area contributed by atoms with Crippen molar-refractivity contribution in [3.05, 3.63) is 18.1 Å². The van der Waals surface area contributed by atoms with Crippen molar-refractivity contribution in [3.8, 4) is 0 Å². The highest BCUT2D eigenvalue weighted by Crippen LogP contribution is 2.03. The van der Waals surface area contributed by atoms with Gasteiger partial charge in [-0.2, -0.15) is 0 Å². The van der Waals surface area contributed by atoms with Crippen LogP contribution in [-0.4, -0.2) is 0 Å². The lowest BCUT2D eigenvalue weighted by Gasteiger charge is -1.94. The Labute approximate surface area is 52.6 Å². The molecule has 0 amide bonds. The Hall–Kier alpha value is -0.260. The molecule has 0 atom stereocenters. The molecule has 0 aliphatic heterocycles. The first-order valence-electron chi connectivity index (χ1n) is 3.21. The Morgan fingerprint density at radius 1 is 1.38 bits per heavy atom. The van der Waals surface area contributed by atoms with Gasteiger partial charge in [0, 0.05) is 0 Å². The van der Waals surface area contributed by atoms with Crippen molar-refractivity contribution in [1.29, 1.82) is 0 Å². The maximum atomic E-state index is 2.20. The molecule has 0 spiro atoms. The van der Waals surface area contributed by atoms with Gasteiger partial charge in [-0.3, -0.25) is 0 Å². The van der Waals surface area contributed by atoms with Gasteiger partial charge in [-0.15, -0.1) is 0 Å². The monoisotopic (exact) mass is 111 g/mol. The molecule has 0 aliphatic rings. The second-order valence-corrected chi connectivity index (χ2v) is 2.08. The summed E-state index contributed by atoms with van der Waals surface area (Å²) in [5.41, 5.74) is 1.49.